The zero-order valence-electron chi connectivity index (χ0n) is 17.4. The van der Waals surface area contributed by atoms with E-state index in [-0.39, 0.29) is 28.5 Å². The minimum Gasteiger partial charge on any atom is -0.478 e. The van der Waals surface area contributed by atoms with Gasteiger partial charge in [-0.1, -0.05) is 18.2 Å². The highest BCUT2D eigenvalue weighted by Crippen LogP contribution is 2.24. The van der Waals surface area contributed by atoms with Crippen LogP contribution in [0.3, 0.4) is 0 Å². The van der Waals surface area contributed by atoms with Gasteiger partial charge >= 0.3 is 5.97 Å². The highest BCUT2D eigenvalue weighted by atomic mass is 32.2. The molecule has 0 aliphatic carbocycles. The summed E-state index contributed by atoms with van der Waals surface area (Å²) >= 11 is 1.24. The molecule has 3 aromatic carbocycles. The average Bonchev–Trinajstić information content (AvgIpc) is 2.79. The number of nitro groups is 1. The number of thioether (sulfide) groups is 1. The summed E-state index contributed by atoms with van der Waals surface area (Å²) in [5.41, 5.74) is 1.42. The number of non-ortho nitro benzene ring substituents is 1. The van der Waals surface area contributed by atoms with E-state index in [1.807, 2.05) is 0 Å². The maximum Gasteiger partial charge on any atom is 0.336 e. The Hall–Kier alpha value is -4.18. The second-order valence-electron chi connectivity index (χ2n) is 6.93. The number of benzene rings is 3. The van der Waals surface area contributed by atoms with Crippen LogP contribution in [0.1, 0.15) is 26.3 Å². The molecule has 0 bridgehead atoms. The first-order valence-corrected chi connectivity index (χ1v) is 10.6. The molecular weight excluding hydrogens is 446 g/mol. The number of carbonyl (C=O) groups excluding carboxylic acids is 2. The lowest BCUT2D eigenvalue weighted by Gasteiger charge is -2.10. The molecule has 3 aromatic rings. The zero-order valence-corrected chi connectivity index (χ0v) is 18.2. The highest BCUT2D eigenvalue weighted by molar-refractivity contribution is 8.00. The SMILES string of the molecule is Cc1cc([N+](=O)[O-])ccc1NC(=O)CSc1cccc(NC(=O)c2ccccc2C(=O)O)c1. The minimum atomic E-state index is -1.20. The fourth-order valence-electron chi connectivity index (χ4n) is 2.97. The van der Waals surface area contributed by atoms with Gasteiger partial charge in [0.2, 0.25) is 5.91 Å². The van der Waals surface area contributed by atoms with Crippen LogP contribution in [0.15, 0.2) is 71.6 Å². The highest BCUT2D eigenvalue weighted by Gasteiger charge is 2.16. The number of rotatable bonds is 8. The number of hydrogen-bond acceptors (Lipinski definition) is 6. The van der Waals surface area contributed by atoms with Crippen molar-refractivity contribution in [1.82, 2.24) is 0 Å². The molecule has 0 aromatic heterocycles. The first-order valence-electron chi connectivity index (χ1n) is 9.66. The molecule has 3 N–H and O–H groups in total. The van der Waals surface area contributed by atoms with Crippen LogP contribution in [0.5, 0.6) is 0 Å². The molecule has 2 amide bonds. The fourth-order valence-corrected chi connectivity index (χ4v) is 3.72. The van der Waals surface area contributed by atoms with Crippen LogP contribution in [0.25, 0.3) is 0 Å². The van der Waals surface area contributed by atoms with Gasteiger partial charge in [-0.2, -0.15) is 0 Å². The van der Waals surface area contributed by atoms with E-state index in [0.717, 1.165) is 4.90 Å². The standard InChI is InChI=1S/C23H19N3O6S/c1-14-11-16(26(31)32)9-10-20(14)25-21(27)13-33-17-6-4-5-15(12-17)24-22(28)18-7-2-3-8-19(18)23(29)30/h2-12H,13H2,1H3,(H,24,28)(H,25,27)(H,29,30). The zero-order chi connectivity index (χ0) is 24.0. The predicted octanol–water partition coefficient (Wildman–Crippen LogP) is 4.58. The van der Waals surface area contributed by atoms with Gasteiger partial charge in [0.15, 0.2) is 0 Å². The fraction of sp³-hybridized carbons (Fsp3) is 0.0870. The van der Waals surface area contributed by atoms with Gasteiger partial charge in [0, 0.05) is 28.4 Å². The molecule has 0 fully saturated rings. The number of nitro benzene ring substituents is 1. The summed E-state index contributed by atoms with van der Waals surface area (Å²) in [6.07, 6.45) is 0. The van der Waals surface area contributed by atoms with Crippen molar-refractivity contribution in [2.75, 3.05) is 16.4 Å². The van der Waals surface area contributed by atoms with Crippen LogP contribution >= 0.6 is 11.8 Å². The molecule has 0 spiro atoms. The maximum absolute atomic E-state index is 12.5. The molecule has 0 radical (unpaired) electrons. The van der Waals surface area contributed by atoms with Crippen LogP contribution in [0.2, 0.25) is 0 Å². The van der Waals surface area contributed by atoms with Gasteiger partial charge in [-0.05, 0) is 48.9 Å². The number of carbonyl (C=O) groups is 3. The van der Waals surface area contributed by atoms with Gasteiger partial charge < -0.3 is 15.7 Å². The largest absolute Gasteiger partial charge is 0.478 e. The van der Waals surface area contributed by atoms with Gasteiger partial charge in [-0.15, -0.1) is 11.8 Å². The molecule has 0 saturated carbocycles. The number of amides is 2. The maximum atomic E-state index is 12.5. The monoisotopic (exact) mass is 465 g/mol. The average molecular weight is 465 g/mol. The van der Waals surface area contributed by atoms with Crippen LogP contribution in [-0.2, 0) is 4.79 Å². The second-order valence-corrected chi connectivity index (χ2v) is 7.97. The van der Waals surface area contributed by atoms with Crippen molar-refractivity contribution in [3.05, 3.63) is 93.5 Å². The summed E-state index contributed by atoms with van der Waals surface area (Å²) in [6.45, 7) is 1.67. The lowest BCUT2D eigenvalue weighted by molar-refractivity contribution is -0.384. The van der Waals surface area contributed by atoms with Gasteiger partial charge in [-0.25, -0.2) is 4.79 Å². The van der Waals surface area contributed by atoms with E-state index in [1.54, 1.807) is 43.3 Å². The molecular formula is C23H19N3O6S. The first kappa shape index (κ1) is 23.5. The van der Waals surface area contributed by atoms with Crippen LogP contribution in [0.4, 0.5) is 17.1 Å². The van der Waals surface area contributed by atoms with Gasteiger partial charge in [0.1, 0.15) is 0 Å². The van der Waals surface area contributed by atoms with Crippen LogP contribution in [0, 0.1) is 17.0 Å². The number of carboxylic acids is 1. The first-order chi connectivity index (χ1) is 15.7. The number of carboxylic acid groups (broad SMARTS) is 1. The van der Waals surface area contributed by atoms with E-state index >= 15 is 0 Å². The van der Waals surface area contributed by atoms with Gasteiger partial charge in [0.05, 0.1) is 21.8 Å². The Balaban J connectivity index is 1.61. The van der Waals surface area contributed by atoms with E-state index in [1.165, 1.54) is 42.1 Å². The summed E-state index contributed by atoms with van der Waals surface area (Å²) in [7, 11) is 0. The summed E-state index contributed by atoms with van der Waals surface area (Å²) in [6, 6.07) is 16.9. The van der Waals surface area contributed by atoms with Gasteiger partial charge in [-0.3, -0.25) is 19.7 Å². The minimum absolute atomic E-state index is 0.0425. The molecule has 3 rings (SSSR count). The second kappa shape index (κ2) is 10.4. The Morgan fingerprint density at radius 2 is 1.70 bits per heavy atom. The predicted molar refractivity (Wildman–Crippen MR) is 125 cm³/mol. The summed E-state index contributed by atoms with van der Waals surface area (Å²) in [5.74, 6) is -1.96. The molecule has 33 heavy (non-hydrogen) atoms. The molecule has 0 saturated heterocycles. The van der Waals surface area contributed by atoms with Crippen molar-refractivity contribution in [3.8, 4) is 0 Å². The molecule has 0 unspecified atom stereocenters. The molecule has 0 aliphatic rings. The summed E-state index contributed by atoms with van der Waals surface area (Å²) < 4.78 is 0. The quantitative estimate of drug-likeness (QED) is 0.251. The number of aryl methyl sites for hydroxylation is 1. The Morgan fingerprint density at radius 1 is 0.970 bits per heavy atom. The molecule has 0 heterocycles. The van der Waals surface area contributed by atoms with Crippen molar-refractivity contribution in [2.24, 2.45) is 0 Å². The number of nitrogens with one attached hydrogen (secondary N) is 2. The van der Waals surface area contributed by atoms with E-state index in [0.29, 0.717) is 16.9 Å². The molecule has 10 heteroatoms. The van der Waals surface area contributed by atoms with E-state index in [9.17, 15) is 29.6 Å². The lowest BCUT2D eigenvalue weighted by atomic mass is 10.1. The van der Waals surface area contributed by atoms with Crippen LogP contribution < -0.4 is 10.6 Å². The third kappa shape index (κ3) is 6.17. The number of anilines is 2. The Labute approximate surface area is 193 Å². The van der Waals surface area contributed by atoms with Crippen LogP contribution in [-0.4, -0.2) is 33.6 Å². The lowest BCUT2D eigenvalue weighted by Crippen LogP contribution is -2.16. The van der Waals surface area contributed by atoms with Crippen molar-refractivity contribution < 1.29 is 24.4 Å². The Morgan fingerprint density at radius 3 is 2.36 bits per heavy atom. The van der Waals surface area contributed by atoms with E-state index < -0.39 is 16.8 Å². The summed E-state index contributed by atoms with van der Waals surface area (Å²) in [4.78, 5) is 47.2. The Bertz CT molecular complexity index is 1240. The van der Waals surface area contributed by atoms with Crippen molar-refractivity contribution in [3.63, 3.8) is 0 Å². The molecule has 0 aliphatic heterocycles. The summed E-state index contributed by atoms with van der Waals surface area (Å²) in [5, 5.41) is 25.5. The molecule has 168 valence electrons. The van der Waals surface area contributed by atoms with Gasteiger partial charge in [0.25, 0.3) is 11.6 Å². The van der Waals surface area contributed by atoms with Crippen molar-refractivity contribution in [2.45, 2.75) is 11.8 Å². The Kier molecular flexibility index (Phi) is 7.42. The third-order valence-corrected chi connectivity index (χ3v) is 5.55. The number of aromatic carboxylic acids is 1. The number of nitrogens with zero attached hydrogens (tertiary/aromatic N) is 1. The third-order valence-electron chi connectivity index (χ3n) is 4.56. The molecule has 0 atom stereocenters. The normalized spacial score (nSPS) is 10.3. The number of hydrogen-bond donors (Lipinski definition) is 3. The van der Waals surface area contributed by atoms with E-state index in [2.05, 4.69) is 10.6 Å². The van der Waals surface area contributed by atoms with Crippen molar-refractivity contribution >= 4 is 46.6 Å². The topological polar surface area (TPSA) is 139 Å². The van der Waals surface area contributed by atoms with E-state index in [4.69, 9.17) is 0 Å². The molecule has 9 nitrogen and oxygen atoms in total. The van der Waals surface area contributed by atoms with Crippen molar-refractivity contribution in [1.29, 1.82) is 0 Å². The smallest absolute Gasteiger partial charge is 0.336 e.